The van der Waals surface area contributed by atoms with Crippen LogP contribution in [0, 0.1) is 19.7 Å². The highest BCUT2D eigenvalue weighted by molar-refractivity contribution is 7.89. The van der Waals surface area contributed by atoms with Crippen LogP contribution in [0.3, 0.4) is 0 Å². The molecule has 1 fully saturated rings. The highest BCUT2D eigenvalue weighted by Gasteiger charge is 2.37. The first-order valence-electron chi connectivity index (χ1n) is 8.95. The van der Waals surface area contributed by atoms with Crippen LogP contribution < -0.4 is 5.32 Å². The molecule has 0 spiro atoms. The van der Waals surface area contributed by atoms with Gasteiger partial charge in [0.25, 0.3) is 0 Å². The molecule has 1 amide bonds. The molecule has 1 aliphatic heterocycles. The van der Waals surface area contributed by atoms with Crippen LogP contribution in [0.2, 0.25) is 0 Å². The number of aryl methyl sites for hydroxylation is 2. The van der Waals surface area contributed by atoms with Crippen molar-refractivity contribution in [2.24, 2.45) is 0 Å². The maximum Gasteiger partial charge on any atom is 0.243 e. The number of nitrogens with zero attached hydrogens (tertiary/aromatic N) is 1. The van der Waals surface area contributed by atoms with E-state index >= 15 is 0 Å². The third-order valence-electron chi connectivity index (χ3n) is 4.91. The number of nitrogens with one attached hydrogen (secondary N) is 1. The minimum absolute atomic E-state index is 0.00401. The summed E-state index contributed by atoms with van der Waals surface area (Å²) >= 11 is 0. The summed E-state index contributed by atoms with van der Waals surface area (Å²) < 4.78 is 40.5. The van der Waals surface area contributed by atoms with Crippen LogP contribution in [0.1, 0.15) is 30.4 Å². The standard InChI is InChI=1S/C20H23FN2O3S/c1-14-6-5-7-15(2)19(14)22-20(24)18-8-3-4-13-23(18)27(25,26)17-11-9-16(21)10-12-17/h5-7,9-12,18H,3-4,8,13H2,1-2H3,(H,22,24)/t18-/m0/s1. The predicted molar refractivity (Wildman–Crippen MR) is 102 cm³/mol. The van der Waals surface area contributed by atoms with Gasteiger partial charge in [0, 0.05) is 12.2 Å². The van der Waals surface area contributed by atoms with Gasteiger partial charge in [0.15, 0.2) is 0 Å². The fourth-order valence-corrected chi connectivity index (χ4v) is 5.07. The fourth-order valence-electron chi connectivity index (χ4n) is 3.41. The normalized spacial score (nSPS) is 18.3. The van der Waals surface area contributed by atoms with Gasteiger partial charge in [0.2, 0.25) is 15.9 Å². The van der Waals surface area contributed by atoms with Crippen molar-refractivity contribution >= 4 is 21.6 Å². The molecule has 1 atom stereocenters. The summed E-state index contributed by atoms with van der Waals surface area (Å²) in [5.41, 5.74) is 2.56. The Balaban J connectivity index is 1.89. The Kier molecular flexibility index (Phi) is 5.62. The van der Waals surface area contributed by atoms with Crippen molar-refractivity contribution in [2.45, 2.75) is 44.0 Å². The lowest BCUT2D eigenvalue weighted by Gasteiger charge is -2.33. The van der Waals surface area contributed by atoms with E-state index in [4.69, 9.17) is 0 Å². The number of hydrogen-bond donors (Lipinski definition) is 1. The zero-order valence-electron chi connectivity index (χ0n) is 15.4. The summed E-state index contributed by atoms with van der Waals surface area (Å²) in [6.45, 7) is 4.07. The molecule has 1 saturated heterocycles. The lowest BCUT2D eigenvalue weighted by atomic mass is 10.0. The minimum Gasteiger partial charge on any atom is -0.324 e. The molecule has 0 aromatic heterocycles. The quantitative estimate of drug-likeness (QED) is 0.867. The fraction of sp³-hybridized carbons (Fsp3) is 0.350. The van der Waals surface area contributed by atoms with Gasteiger partial charge in [-0.15, -0.1) is 0 Å². The number of carbonyl (C=O) groups excluding carboxylic acids is 1. The lowest BCUT2D eigenvalue weighted by Crippen LogP contribution is -2.49. The number of hydrogen-bond acceptors (Lipinski definition) is 3. The first-order valence-corrected chi connectivity index (χ1v) is 10.4. The molecule has 3 rings (SSSR count). The van der Waals surface area contributed by atoms with Gasteiger partial charge in [-0.3, -0.25) is 4.79 Å². The molecule has 5 nitrogen and oxygen atoms in total. The molecule has 1 heterocycles. The molecule has 27 heavy (non-hydrogen) atoms. The van der Waals surface area contributed by atoms with Crippen molar-refractivity contribution < 1.29 is 17.6 Å². The Labute approximate surface area is 159 Å². The Bertz CT molecular complexity index is 922. The maximum absolute atomic E-state index is 13.2. The average Bonchev–Trinajstić information content (AvgIpc) is 2.65. The number of benzene rings is 2. The third kappa shape index (κ3) is 4.04. The summed E-state index contributed by atoms with van der Waals surface area (Å²) in [6, 6.07) is 9.62. The Morgan fingerprint density at radius 2 is 1.70 bits per heavy atom. The second-order valence-electron chi connectivity index (χ2n) is 6.84. The second-order valence-corrected chi connectivity index (χ2v) is 8.73. The lowest BCUT2D eigenvalue weighted by molar-refractivity contribution is -0.120. The van der Waals surface area contributed by atoms with Crippen molar-refractivity contribution in [3.8, 4) is 0 Å². The molecule has 1 aliphatic rings. The summed E-state index contributed by atoms with van der Waals surface area (Å²) in [5.74, 6) is -0.838. The molecular weight excluding hydrogens is 367 g/mol. The molecule has 7 heteroatoms. The van der Waals surface area contributed by atoms with E-state index in [2.05, 4.69) is 5.32 Å². The van der Waals surface area contributed by atoms with E-state index in [1.165, 1.54) is 16.4 Å². The summed E-state index contributed by atoms with van der Waals surface area (Å²) in [6.07, 6.45) is 1.92. The van der Waals surface area contributed by atoms with E-state index in [0.717, 1.165) is 29.7 Å². The van der Waals surface area contributed by atoms with E-state index in [1.54, 1.807) is 0 Å². The van der Waals surface area contributed by atoms with Gasteiger partial charge >= 0.3 is 0 Å². The largest absolute Gasteiger partial charge is 0.324 e. The molecular formula is C20H23FN2O3S. The van der Waals surface area contributed by atoms with Gasteiger partial charge < -0.3 is 5.32 Å². The zero-order chi connectivity index (χ0) is 19.6. The van der Waals surface area contributed by atoms with Crippen LogP contribution in [-0.2, 0) is 14.8 Å². The van der Waals surface area contributed by atoms with Crippen molar-refractivity contribution in [1.29, 1.82) is 0 Å². The monoisotopic (exact) mass is 390 g/mol. The molecule has 0 unspecified atom stereocenters. The van der Waals surface area contributed by atoms with E-state index in [-0.39, 0.29) is 17.3 Å². The van der Waals surface area contributed by atoms with Crippen molar-refractivity contribution in [3.05, 3.63) is 59.4 Å². The van der Waals surface area contributed by atoms with Crippen LogP contribution in [0.25, 0.3) is 0 Å². The van der Waals surface area contributed by atoms with Crippen molar-refractivity contribution in [1.82, 2.24) is 4.31 Å². The number of para-hydroxylation sites is 1. The molecule has 0 aliphatic carbocycles. The number of rotatable bonds is 4. The first-order chi connectivity index (χ1) is 12.8. The second kappa shape index (κ2) is 7.78. The highest BCUT2D eigenvalue weighted by Crippen LogP contribution is 2.27. The van der Waals surface area contributed by atoms with E-state index in [0.29, 0.717) is 18.5 Å². The maximum atomic E-state index is 13.2. The first kappa shape index (κ1) is 19.5. The molecule has 0 saturated carbocycles. The van der Waals surface area contributed by atoms with E-state index in [9.17, 15) is 17.6 Å². The van der Waals surface area contributed by atoms with Gasteiger partial charge in [0.05, 0.1) is 4.90 Å². The summed E-state index contributed by atoms with van der Waals surface area (Å²) in [5, 5.41) is 2.91. The van der Waals surface area contributed by atoms with Crippen molar-refractivity contribution in [2.75, 3.05) is 11.9 Å². The van der Waals surface area contributed by atoms with Gasteiger partial charge in [0.1, 0.15) is 11.9 Å². The van der Waals surface area contributed by atoms with Crippen molar-refractivity contribution in [3.63, 3.8) is 0 Å². The number of amides is 1. The summed E-state index contributed by atoms with van der Waals surface area (Å²) in [4.78, 5) is 12.9. The van der Waals surface area contributed by atoms with Gasteiger partial charge in [-0.05, 0) is 62.1 Å². The Morgan fingerprint density at radius 1 is 1.07 bits per heavy atom. The molecule has 0 bridgehead atoms. The van der Waals surface area contributed by atoms with E-state index < -0.39 is 21.9 Å². The van der Waals surface area contributed by atoms with Crippen LogP contribution in [0.5, 0.6) is 0 Å². The average molecular weight is 390 g/mol. The van der Waals surface area contributed by atoms with Gasteiger partial charge in [-0.25, -0.2) is 12.8 Å². The van der Waals surface area contributed by atoms with Crippen LogP contribution >= 0.6 is 0 Å². The molecule has 2 aromatic rings. The molecule has 0 radical (unpaired) electrons. The zero-order valence-corrected chi connectivity index (χ0v) is 16.2. The Morgan fingerprint density at radius 3 is 2.33 bits per heavy atom. The topological polar surface area (TPSA) is 66.5 Å². The van der Waals surface area contributed by atoms with E-state index in [1.807, 2.05) is 32.0 Å². The molecule has 2 aromatic carbocycles. The molecule has 144 valence electrons. The number of anilines is 1. The van der Waals surface area contributed by atoms with Crippen LogP contribution in [-0.4, -0.2) is 31.2 Å². The SMILES string of the molecule is Cc1cccc(C)c1NC(=O)[C@@H]1CCCCN1S(=O)(=O)c1ccc(F)cc1. The van der Waals surface area contributed by atoms with Crippen LogP contribution in [0.4, 0.5) is 10.1 Å². The predicted octanol–water partition coefficient (Wildman–Crippen LogP) is 3.62. The summed E-state index contributed by atoms with van der Waals surface area (Å²) in [7, 11) is -3.88. The number of piperidine rings is 1. The number of sulfonamides is 1. The smallest absolute Gasteiger partial charge is 0.243 e. The Hall–Kier alpha value is -2.25. The number of carbonyl (C=O) groups is 1. The minimum atomic E-state index is -3.88. The third-order valence-corrected chi connectivity index (χ3v) is 6.83. The number of halogens is 1. The van der Waals surface area contributed by atoms with Gasteiger partial charge in [-0.1, -0.05) is 24.6 Å². The van der Waals surface area contributed by atoms with Gasteiger partial charge in [-0.2, -0.15) is 4.31 Å². The van der Waals surface area contributed by atoms with Crippen LogP contribution in [0.15, 0.2) is 47.4 Å². The molecule has 1 N–H and O–H groups in total. The highest BCUT2D eigenvalue weighted by atomic mass is 32.2.